The van der Waals surface area contributed by atoms with Crippen molar-refractivity contribution in [2.45, 2.75) is 94.7 Å². The molecule has 3 heterocycles. The van der Waals surface area contributed by atoms with Crippen LogP contribution in [0.25, 0.3) is 22.2 Å². The molecule has 3 aromatic rings. The number of fused-ring (bicyclic) bond motifs is 3. The van der Waals surface area contributed by atoms with E-state index in [1.807, 2.05) is 87.5 Å². The van der Waals surface area contributed by atoms with Gasteiger partial charge in [0, 0.05) is 48.9 Å². The van der Waals surface area contributed by atoms with Gasteiger partial charge in [-0.2, -0.15) is 0 Å². The molecule has 55 heavy (non-hydrogen) atoms. The van der Waals surface area contributed by atoms with E-state index in [1.165, 1.54) is 9.80 Å². The van der Waals surface area contributed by atoms with Crippen LogP contribution < -0.4 is 19.5 Å². The average Bonchev–Trinajstić information content (AvgIpc) is 4.07. The molecule has 1 aromatic heterocycles. The topological polar surface area (TPSA) is 164 Å². The number of allylic oxidation sites excluding steroid dienone is 1. The first-order valence-electron chi connectivity index (χ1n) is 18.9. The first kappa shape index (κ1) is 38.3. The van der Waals surface area contributed by atoms with Gasteiger partial charge in [0.25, 0.3) is 5.91 Å². The summed E-state index contributed by atoms with van der Waals surface area (Å²) < 4.78 is 40.2. The molecule has 2 aromatic carbocycles. The highest BCUT2D eigenvalue weighted by atomic mass is 32.2. The number of ether oxygens (including phenoxy) is 2. The average molecular weight is 772 g/mol. The molecule has 3 fully saturated rings. The van der Waals surface area contributed by atoms with Gasteiger partial charge in [0.05, 0.1) is 30.1 Å². The number of likely N-dealkylation sites (N-methyl/N-ethyl adjacent to an activating group) is 1. The molecule has 5 atom stereocenters. The van der Waals surface area contributed by atoms with Crippen LogP contribution in [0.2, 0.25) is 0 Å². The number of nitrogens with zero attached hydrogens (tertiary/aromatic N) is 3. The fraction of sp³-hybridized carbons (Fsp3) is 0.488. The molecule has 2 aliphatic carbocycles. The molecule has 13 nitrogen and oxygen atoms in total. The highest BCUT2D eigenvalue weighted by molar-refractivity contribution is 7.91. The third kappa shape index (κ3) is 7.78. The molecule has 2 aliphatic heterocycles. The molecular weight excluding hydrogens is 723 g/mol. The zero-order chi connectivity index (χ0) is 39.3. The van der Waals surface area contributed by atoms with Gasteiger partial charge in [-0.3, -0.25) is 23.9 Å². The second kappa shape index (κ2) is 14.6. The summed E-state index contributed by atoms with van der Waals surface area (Å²) in [5.41, 5.74) is -0.0586. The lowest BCUT2D eigenvalue weighted by molar-refractivity contribution is -0.151. The number of hydrogen-bond acceptors (Lipinski definition) is 9. The van der Waals surface area contributed by atoms with E-state index in [0.29, 0.717) is 53.8 Å². The molecule has 7 rings (SSSR count). The predicted molar refractivity (Wildman–Crippen MR) is 206 cm³/mol. The normalized spacial score (nSPS) is 27.0. The van der Waals surface area contributed by atoms with Crippen molar-refractivity contribution in [1.82, 2.24) is 24.8 Å². The van der Waals surface area contributed by atoms with Gasteiger partial charge < -0.3 is 24.6 Å². The Hall–Kier alpha value is -4.98. The summed E-state index contributed by atoms with van der Waals surface area (Å²) in [6.07, 6.45) is 5.47. The smallest absolute Gasteiger partial charge is 0.259 e. The van der Waals surface area contributed by atoms with Crippen LogP contribution in [-0.2, 0) is 29.2 Å². The van der Waals surface area contributed by atoms with Gasteiger partial charge in [-0.25, -0.2) is 13.4 Å². The van der Waals surface area contributed by atoms with Crippen molar-refractivity contribution >= 4 is 44.6 Å². The number of sulfonamides is 1. The number of rotatable bonds is 7. The van der Waals surface area contributed by atoms with Crippen LogP contribution in [0.15, 0.2) is 66.7 Å². The van der Waals surface area contributed by atoms with Crippen molar-refractivity contribution < 1.29 is 37.1 Å². The van der Waals surface area contributed by atoms with Gasteiger partial charge in [0.2, 0.25) is 27.7 Å². The third-order valence-electron chi connectivity index (χ3n) is 11.1. The van der Waals surface area contributed by atoms with Crippen molar-refractivity contribution in [3.63, 3.8) is 0 Å². The Bertz CT molecular complexity index is 2150. The number of methoxy groups -OCH3 is 1. The molecule has 4 aliphatic rings. The minimum Gasteiger partial charge on any atom is -0.497 e. The third-order valence-corrected chi connectivity index (χ3v) is 12.9. The second-order valence-electron chi connectivity index (χ2n) is 16.3. The molecule has 292 valence electrons. The van der Waals surface area contributed by atoms with Crippen LogP contribution in [0.3, 0.4) is 0 Å². The molecule has 0 radical (unpaired) electrons. The highest BCUT2D eigenvalue weighted by Gasteiger charge is 2.62. The van der Waals surface area contributed by atoms with Gasteiger partial charge in [0.15, 0.2) is 0 Å². The van der Waals surface area contributed by atoms with Crippen LogP contribution >= 0.6 is 0 Å². The van der Waals surface area contributed by atoms with Gasteiger partial charge in [0.1, 0.15) is 35.2 Å². The Morgan fingerprint density at radius 1 is 1.05 bits per heavy atom. The maximum Gasteiger partial charge on any atom is 0.259 e. The highest BCUT2D eigenvalue weighted by Crippen LogP contribution is 2.46. The summed E-state index contributed by atoms with van der Waals surface area (Å²) in [7, 11) is -0.692. The Labute approximate surface area is 321 Å². The molecule has 14 heteroatoms. The van der Waals surface area contributed by atoms with E-state index >= 15 is 0 Å². The van der Waals surface area contributed by atoms with Crippen LogP contribution in [0.5, 0.6) is 11.5 Å². The minimum atomic E-state index is -3.90. The number of pyridine rings is 1. The van der Waals surface area contributed by atoms with E-state index in [1.54, 1.807) is 14.2 Å². The van der Waals surface area contributed by atoms with E-state index in [4.69, 9.17) is 14.5 Å². The summed E-state index contributed by atoms with van der Waals surface area (Å²) in [5, 5.41) is 3.00. The van der Waals surface area contributed by atoms with E-state index < -0.39 is 68.1 Å². The number of aromatic nitrogens is 1. The minimum absolute atomic E-state index is 0.0186. The monoisotopic (exact) mass is 771 g/mol. The van der Waals surface area contributed by atoms with E-state index in [-0.39, 0.29) is 31.7 Å². The molecule has 0 unspecified atom stereocenters. The van der Waals surface area contributed by atoms with Crippen molar-refractivity contribution in [2.75, 3.05) is 20.7 Å². The summed E-state index contributed by atoms with van der Waals surface area (Å²) in [6, 6.07) is 15.0. The summed E-state index contributed by atoms with van der Waals surface area (Å²) >= 11 is 0. The lowest BCUT2D eigenvalue weighted by Crippen LogP contribution is -2.60. The zero-order valence-corrected chi connectivity index (χ0v) is 32.7. The molecule has 0 bridgehead atoms. The standard InChI is InChI=1S/C41H49N5O8S/c1-40(2,3)36-38(49)46-24-28(54-34-22-31(25-12-8-6-9-13-25)42-32-20-27(53-5)16-19-30(32)34)21-33(46)37(48)43-41(39(50)44-55(51,52)29-17-18-29)23-26(41)14-10-7-11-15-35(47)45(36)4/h6,8-10,12-14,16,19-20,22,26,28-29,33,36H,7,11,15,17-18,21,23-24H2,1-5H3,(H,43,48)(H,44,50)/b14-10-/t26-,28+,33-,36+,41-/m0/s1. The molecule has 0 spiro atoms. The zero-order valence-electron chi connectivity index (χ0n) is 31.9. The molecule has 2 saturated carbocycles. The van der Waals surface area contributed by atoms with E-state index in [2.05, 4.69) is 10.0 Å². The van der Waals surface area contributed by atoms with Crippen molar-refractivity contribution in [2.24, 2.45) is 11.3 Å². The number of hydrogen-bond donors (Lipinski definition) is 2. The van der Waals surface area contributed by atoms with Crippen LogP contribution in [0, 0.1) is 11.3 Å². The van der Waals surface area contributed by atoms with Crippen molar-refractivity contribution in [3.05, 3.63) is 66.7 Å². The first-order valence-corrected chi connectivity index (χ1v) is 20.5. The molecule has 1 saturated heterocycles. The van der Waals surface area contributed by atoms with Gasteiger partial charge >= 0.3 is 0 Å². The Morgan fingerprint density at radius 3 is 2.49 bits per heavy atom. The molecule has 4 amide bonds. The second-order valence-corrected chi connectivity index (χ2v) is 18.2. The van der Waals surface area contributed by atoms with Gasteiger partial charge in [-0.05, 0) is 49.7 Å². The fourth-order valence-electron chi connectivity index (χ4n) is 7.91. The van der Waals surface area contributed by atoms with Crippen LogP contribution in [0.4, 0.5) is 0 Å². The SMILES string of the molecule is COc1ccc2c(O[C@@H]3C[C@H]4C(=O)N[C@@]5(C(=O)NS(=O)(=O)C6CC6)C[C@@H]5/C=C\CCCC(=O)N(C)[C@@H](C(C)(C)C)C(=O)N4C3)cc(-c3ccccc3)nc2c1. The largest absolute Gasteiger partial charge is 0.497 e. The van der Waals surface area contributed by atoms with Crippen LogP contribution in [-0.4, -0.2) is 96.5 Å². The first-order chi connectivity index (χ1) is 26.1. The van der Waals surface area contributed by atoms with Gasteiger partial charge in [-0.1, -0.05) is 63.3 Å². The quantitative estimate of drug-likeness (QED) is 0.333. The van der Waals surface area contributed by atoms with E-state index in [9.17, 15) is 27.6 Å². The van der Waals surface area contributed by atoms with Crippen LogP contribution in [0.1, 0.15) is 65.7 Å². The summed E-state index contributed by atoms with van der Waals surface area (Å²) in [6.45, 7) is 5.66. The van der Waals surface area contributed by atoms with E-state index in [0.717, 1.165) is 5.56 Å². The lowest BCUT2D eigenvalue weighted by atomic mass is 9.84. The Balaban J connectivity index is 1.26. The number of carbonyl (C=O) groups is 4. The van der Waals surface area contributed by atoms with Crippen molar-refractivity contribution in [1.29, 1.82) is 0 Å². The molecular formula is C41H49N5O8S. The Kier molecular flexibility index (Phi) is 10.2. The van der Waals surface area contributed by atoms with Crippen molar-refractivity contribution in [3.8, 4) is 22.8 Å². The lowest BCUT2D eigenvalue weighted by Gasteiger charge is -2.40. The molecule has 2 N–H and O–H groups in total. The fourth-order valence-corrected chi connectivity index (χ4v) is 9.27. The number of amides is 4. The summed E-state index contributed by atoms with van der Waals surface area (Å²) in [5.74, 6) is -1.34. The number of benzene rings is 2. The Morgan fingerprint density at radius 2 is 1.80 bits per heavy atom. The van der Waals surface area contributed by atoms with Gasteiger partial charge in [-0.15, -0.1) is 0 Å². The number of nitrogens with one attached hydrogen (secondary N) is 2. The maximum atomic E-state index is 14.8. The maximum absolute atomic E-state index is 14.8. The number of carbonyl (C=O) groups excluding carboxylic acids is 4. The predicted octanol–water partition coefficient (Wildman–Crippen LogP) is 4.36. The summed E-state index contributed by atoms with van der Waals surface area (Å²) in [4.78, 5) is 64.5.